The first-order valence-electron chi connectivity index (χ1n) is 5.11. The first-order valence-corrected chi connectivity index (χ1v) is 7.84. The van der Waals surface area contributed by atoms with Crippen LogP contribution < -0.4 is 0 Å². The summed E-state index contributed by atoms with van der Waals surface area (Å²) in [4.78, 5) is 0.375. The summed E-state index contributed by atoms with van der Waals surface area (Å²) in [5, 5.41) is 0. The van der Waals surface area contributed by atoms with Crippen LogP contribution in [0.25, 0.3) is 0 Å². The molecule has 2 nitrogen and oxygen atoms in total. The quantitative estimate of drug-likeness (QED) is 0.790. The van der Waals surface area contributed by atoms with Gasteiger partial charge in [0.15, 0.2) is 9.84 Å². The van der Waals surface area contributed by atoms with E-state index in [1.54, 1.807) is 24.3 Å². The first-order chi connectivity index (χ1) is 8.09. The Kier molecular flexibility index (Phi) is 3.83. The van der Waals surface area contributed by atoms with Gasteiger partial charge in [-0.25, -0.2) is 8.42 Å². The summed E-state index contributed by atoms with van der Waals surface area (Å²) >= 11 is 2.16. The molecule has 2 aromatic rings. The third-order valence-electron chi connectivity index (χ3n) is 2.41. The van der Waals surface area contributed by atoms with E-state index in [9.17, 15) is 8.42 Å². The zero-order valence-electron chi connectivity index (χ0n) is 9.01. The fourth-order valence-corrected chi connectivity index (χ4v) is 3.77. The van der Waals surface area contributed by atoms with Gasteiger partial charge in [0.2, 0.25) is 0 Å². The first kappa shape index (κ1) is 12.6. The third-order valence-corrected chi connectivity index (χ3v) is 5.14. The lowest BCUT2D eigenvalue weighted by atomic mass is 10.2. The van der Waals surface area contributed by atoms with Crippen LogP contribution in [0.1, 0.15) is 5.56 Å². The molecule has 4 heteroatoms. The molecule has 17 heavy (non-hydrogen) atoms. The molecule has 2 rings (SSSR count). The summed E-state index contributed by atoms with van der Waals surface area (Å²) < 4.78 is 25.3. The van der Waals surface area contributed by atoms with Crippen LogP contribution in [0, 0.1) is 3.57 Å². The minimum Gasteiger partial charge on any atom is -0.223 e. The minimum atomic E-state index is -3.24. The summed E-state index contributed by atoms with van der Waals surface area (Å²) in [5.41, 5.74) is 0.844. The van der Waals surface area contributed by atoms with Gasteiger partial charge in [-0.1, -0.05) is 36.4 Å². The van der Waals surface area contributed by atoms with Gasteiger partial charge in [0.05, 0.1) is 10.6 Å². The number of hydrogen-bond acceptors (Lipinski definition) is 2. The molecular formula is C13H11IO2S. The number of halogens is 1. The Balaban J connectivity index is 2.34. The van der Waals surface area contributed by atoms with E-state index in [2.05, 4.69) is 22.6 Å². The molecule has 0 N–H and O–H groups in total. The van der Waals surface area contributed by atoms with E-state index in [0.29, 0.717) is 4.90 Å². The fourth-order valence-electron chi connectivity index (χ4n) is 1.53. The van der Waals surface area contributed by atoms with Crippen molar-refractivity contribution in [2.75, 3.05) is 0 Å². The Morgan fingerprint density at radius 3 is 2.12 bits per heavy atom. The van der Waals surface area contributed by atoms with E-state index in [4.69, 9.17) is 0 Å². The molecule has 2 aromatic carbocycles. The summed E-state index contributed by atoms with van der Waals surface area (Å²) in [5.74, 6) is 0.0517. The summed E-state index contributed by atoms with van der Waals surface area (Å²) in [6.07, 6.45) is 0. The molecule has 0 aliphatic heterocycles. The number of sulfone groups is 1. The van der Waals surface area contributed by atoms with Crippen LogP contribution in [-0.2, 0) is 15.6 Å². The van der Waals surface area contributed by atoms with Crippen molar-refractivity contribution in [3.05, 3.63) is 63.7 Å². The average Bonchev–Trinajstić information content (AvgIpc) is 2.33. The Morgan fingerprint density at radius 2 is 1.47 bits per heavy atom. The second-order valence-corrected chi connectivity index (χ2v) is 6.82. The van der Waals surface area contributed by atoms with Gasteiger partial charge in [-0.05, 0) is 46.4 Å². The van der Waals surface area contributed by atoms with Crippen LogP contribution in [0.2, 0.25) is 0 Å². The third kappa shape index (κ3) is 3.07. The maximum atomic E-state index is 12.2. The molecule has 0 spiro atoms. The van der Waals surface area contributed by atoms with E-state index in [-0.39, 0.29) is 5.75 Å². The average molecular weight is 358 g/mol. The van der Waals surface area contributed by atoms with Gasteiger partial charge in [-0.2, -0.15) is 0 Å². The maximum Gasteiger partial charge on any atom is 0.182 e. The second kappa shape index (κ2) is 5.18. The molecule has 0 heterocycles. The Hall–Kier alpha value is -0.880. The Bertz CT molecular complexity index is 606. The van der Waals surface area contributed by atoms with Crippen molar-refractivity contribution in [2.24, 2.45) is 0 Å². The lowest BCUT2D eigenvalue weighted by Crippen LogP contribution is -2.05. The summed E-state index contributed by atoms with van der Waals surface area (Å²) in [6.45, 7) is 0. The van der Waals surface area contributed by atoms with Crippen LogP contribution in [-0.4, -0.2) is 8.42 Å². The molecule has 0 fully saturated rings. The lowest BCUT2D eigenvalue weighted by molar-refractivity contribution is 0.595. The van der Waals surface area contributed by atoms with E-state index < -0.39 is 9.84 Å². The molecule has 0 bridgehead atoms. The molecule has 0 aliphatic carbocycles. The van der Waals surface area contributed by atoms with Gasteiger partial charge in [-0.3, -0.25) is 0 Å². The molecule has 0 amide bonds. The molecule has 88 valence electrons. The highest BCUT2D eigenvalue weighted by molar-refractivity contribution is 14.1. The minimum absolute atomic E-state index is 0.0517. The molecular weight excluding hydrogens is 347 g/mol. The van der Waals surface area contributed by atoms with Gasteiger partial charge in [0.1, 0.15) is 0 Å². The molecule has 0 unspecified atom stereocenters. The van der Waals surface area contributed by atoms with Gasteiger partial charge >= 0.3 is 0 Å². The van der Waals surface area contributed by atoms with E-state index in [1.165, 1.54) is 0 Å². The summed E-state index contributed by atoms with van der Waals surface area (Å²) in [7, 11) is -3.24. The van der Waals surface area contributed by atoms with Crippen LogP contribution in [0.4, 0.5) is 0 Å². The monoisotopic (exact) mass is 358 g/mol. The highest BCUT2D eigenvalue weighted by Gasteiger charge is 2.15. The van der Waals surface area contributed by atoms with Crippen LogP contribution in [0.5, 0.6) is 0 Å². The van der Waals surface area contributed by atoms with Crippen molar-refractivity contribution in [3.8, 4) is 0 Å². The maximum absolute atomic E-state index is 12.2. The van der Waals surface area contributed by atoms with Crippen molar-refractivity contribution < 1.29 is 8.42 Å². The molecule has 0 aliphatic rings. The van der Waals surface area contributed by atoms with Crippen molar-refractivity contribution in [3.63, 3.8) is 0 Å². The van der Waals surface area contributed by atoms with Crippen molar-refractivity contribution in [2.45, 2.75) is 10.6 Å². The van der Waals surface area contributed by atoms with Crippen molar-refractivity contribution >= 4 is 32.4 Å². The van der Waals surface area contributed by atoms with Crippen LogP contribution in [0.15, 0.2) is 59.5 Å². The standard InChI is InChI=1S/C13H11IO2S/c14-13-9-5-4-6-11(13)10-17(15,16)12-7-2-1-3-8-12/h1-9H,10H2. The number of benzene rings is 2. The van der Waals surface area contributed by atoms with E-state index >= 15 is 0 Å². The zero-order chi connectivity index (χ0) is 12.3. The van der Waals surface area contributed by atoms with Crippen LogP contribution >= 0.6 is 22.6 Å². The lowest BCUT2D eigenvalue weighted by Gasteiger charge is -2.06. The zero-order valence-corrected chi connectivity index (χ0v) is 12.0. The fraction of sp³-hybridized carbons (Fsp3) is 0.0769. The van der Waals surface area contributed by atoms with Gasteiger partial charge in [0, 0.05) is 3.57 Å². The molecule has 0 radical (unpaired) electrons. The van der Waals surface area contributed by atoms with Crippen molar-refractivity contribution in [1.29, 1.82) is 0 Å². The molecule has 0 saturated heterocycles. The van der Waals surface area contributed by atoms with Crippen molar-refractivity contribution in [1.82, 2.24) is 0 Å². The molecule has 0 saturated carbocycles. The Morgan fingerprint density at radius 1 is 0.882 bits per heavy atom. The van der Waals surface area contributed by atoms with Gasteiger partial charge in [-0.15, -0.1) is 0 Å². The second-order valence-electron chi connectivity index (χ2n) is 3.66. The van der Waals surface area contributed by atoms with E-state index in [1.807, 2.05) is 30.3 Å². The Labute approximate surface area is 115 Å². The predicted octanol–water partition coefficient (Wildman–Crippen LogP) is 3.27. The normalized spacial score (nSPS) is 11.4. The highest BCUT2D eigenvalue weighted by Crippen LogP contribution is 2.19. The molecule has 0 aromatic heterocycles. The highest BCUT2D eigenvalue weighted by atomic mass is 127. The predicted molar refractivity (Wildman–Crippen MR) is 76.5 cm³/mol. The number of hydrogen-bond donors (Lipinski definition) is 0. The largest absolute Gasteiger partial charge is 0.223 e. The van der Waals surface area contributed by atoms with E-state index in [0.717, 1.165) is 9.13 Å². The smallest absolute Gasteiger partial charge is 0.182 e. The van der Waals surface area contributed by atoms with Gasteiger partial charge in [0.25, 0.3) is 0 Å². The molecule has 0 atom stereocenters. The number of rotatable bonds is 3. The van der Waals surface area contributed by atoms with Crippen LogP contribution in [0.3, 0.4) is 0 Å². The van der Waals surface area contributed by atoms with Gasteiger partial charge < -0.3 is 0 Å². The topological polar surface area (TPSA) is 34.1 Å². The SMILES string of the molecule is O=S(=O)(Cc1ccccc1I)c1ccccc1. The summed E-state index contributed by atoms with van der Waals surface area (Å²) in [6, 6.07) is 16.1.